The second-order valence-electron chi connectivity index (χ2n) is 6.88. The van der Waals surface area contributed by atoms with Crippen LogP contribution in [0, 0.1) is 5.92 Å². The molecule has 1 aliphatic rings. The fourth-order valence-electron chi connectivity index (χ4n) is 3.46. The standard InChI is InChI=1S/C19H21N3O3S3/c1-21(13-17-20-15-5-2-3-6-16(15)27-17)19(23)14-8-10-22(11-9-14)28(24,25)18-7-4-12-26-18/h2-7,12,14H,8-11,13H2,1H3. The maximum Gasteiger partial charge on any atom is 0.252 e. The molecule has 1 amide bonds. The molecule has 4 rings (SSSR count). The van der Waals surface area contributed by atoms with Crippen LogP contribution in [0.25, 0.3) is 10.2 Å². The molecule has 1 aromatic carbocycles. The first-order valence-corrected chi connectivity index (χ1v) is 12.2. The van der Waals surface area contributed by atoms with Crippen LogP contribution < -0.4 is 0 Å². The Labute approximate surface area is 172 Å². The minimum Gasteiger partial charge on any atom is -0.339 e. The van der Waals surface area contributed by atoms with E-state index < -0.39 is 10.0 Å². The quantitative estimate of drug-likeness (QED) is 0.616. The van der Waals surface area contributed by atoms with E-state index in [1.54, 1.807) is 40.8 Å². The number of carbonyl (C=O) groups is 1. The lowest BCUT2D eigenvalue weighted by atomic mass is 9.97. The van der Waals surface area contributed by atoms with Gasteiger partial charge in [0.05, 0.1) is 16.8 Å². The van der Waals surface area contributed by atoms with Crippen molar-refractivity contribution in [3.63, 3.8) is 0 Å². The molecule has 3 aromatic rings. The zero-order valence-electron chi connectivity index (χ0n) is 15.4. The van der Waals surface area contributed by atoms with E-state index >= 15 is 0 Å². The molecule has 0 unspecified atom stereocenters. The van der Waals surface area contributed by atoms with Crippen LogP contribution in [0.2, 0.25) is 0 Å². The third kappa shape index (κ3) is 3.84. The Balaban J connectivity index is 1.37. The topological polar surface area (TPSA) is 70.6 Å². The number of carbonyl (C=O) groups excluding carboxylic acids is 1. The normalized spacial score (nSPS) is 16.5. The van der Waals surface area contributed by atoms with Crippen LogP contribution in [0.3, 0.4) is 0 Å². The van der Waals surface area contributed by atoms with Gasteiger partial charge < -0.3 is 4.90 Å². The summed E-state index contributed by atoms with van der Waals surface area (Å²) in [6, 6.07) is 11.3. The third-order valence-electron chi connectivity index (χ3n) is 4.98. The predicted molar refractivity (Wildman–Crippen MR) is 112 cm³/mol. The van der Waals surface area contributed by atoms with Crippen molar-refractivity contribution in [3.05, 3.63) is 46.8 Å². The van der Waals surface area contributed by atoms with Crippen molar-refractivity contribution in [3.8, 4) is 0 Å². The highest BCUT2D eigenvalue weighted by Gasteiger charge is 2.33. The molecule has 6 nitrogen and oxygen atoms in total. The summed E-state index contributed by atoms with van der Waals surface area (Å²) < 4.78 is 28.2. The monoisotopic (exact) mass is 435 g/mol. The number of rotatable bonds is 5. The van der Waals surface area contributed by atoms with E-state index in [2.05, 4.69) is 4.98 Å². The van der Waals surface area contributed by atoms with Gasteiger partial charge in [0.25, 0.3) is 10.0 Å². The fourth-order valence-corrected chi connectivity index (χ4v) is 7.10. The minimum atomic E-state index is -3.43. The maximum atomic E-state index is 12.8. The summed E-state index contributed by atoms with van der Waals surface area (Å²) in [6.45, 7) is 1.24. The van der Waals surface area contributed by atoms with E-state index in [4.69, 9.17) is 0 Å². The molecule has 0 N–H and O–H groups in total. The Bertz CT molecular complexity index is 1040. The van der Waals surface area contributed by atoms with Crippen molar-refractivity contribution in [1.29, 1.82) is 0 Å². The number of amides is 1. The van der Waals surface area contributed by atoms with Crippen molar-refractivity contribution in [2.24, 2.45) is 5.92 Å². The first kappa shape index (κ1) is 19.5. The number of fused-ring (bicyclic) bond motifs is 1. The molecule has 148 valence electrons. The van der Waals surface area contributed by atoms with Crippen LogP contribution in [-0.4, -0.2) is 48.7 Å². The van der Waals surface area contributed by atoms with E-state index in [0.29, 0.717) is 36.7 Å². The second kappa shape index (κ2) is 7.90. The SMILES string of the molecule is CN(Cc1nc2ccccc2s1)C(=O)C1CCN(S(=O)(=O)c2cccs2)CC1. The van der Waals surface area contributed by atoms with Crippen molar-refractivity contribution in [2.75, 3.05) is 20.1 Å². The highest BCUT2D eigenvalue weighted by molar-refractivity contribution is 7.91. The van der Waals surface area contributed by atoms with E-state index in [1.165, 1.54) is 15.6 Å². The Morgan fingerprint density at radius 1 is 1.21 bits per heavy atom. The van der Waals surface area contributed by atoms with Gasteiger partial charge in [0, 0.05) is 26.1 Å². The summed E-state index contributed by atoms with van der Waals surface area (Å²) in [5.74, 6) is -0.0819. The molecule has 1 saturated heterocycles. The zero-order chi connectivity index (χ0) is 19.7. The molecule has 0 atom stereocenters. The van der Waals surface area contributed by atoms with E-state index in [9.17, 15) is 13.2 Å². The summed E-state index contributed by atoms with van der Waals surface area (Å²) in [5, 5.41) is 2.68. The molecule has 0 saturated carbocycles. The van der Waals surface area contributed by atoms with Gasteiger partial charge in [-0.2, -0.15) is 4.31 Å². The number of aromatic nitrogens is 1. The number of piperidine rings is 1. The number of para-hydroxylation sites is 1. The molecule has 0 bridgehead atoms. The molecule has 0 spiro atoms. The number of benzene rings is 1. The predicted octanol–water partition coefficient (Wildman–Crippen LogP) is 3.42. The van der Waals surface area contributed by atoms with Gasteiger partial charge >= 0.3 is 0 Å². The lowest BCUT2D eigenvalue weighted by Gasteiger charge is -2.32. The molecular formula is C19H21N3O3S3. The molecule has 0 aliphatic carbocycles. The Hall–Kier alpha value is -1.81. The lowest BCUT2D eigenvalue weighted by Crippen LogP contribution is -2.43. The third-order valence-corrected chi connectivity index (χ3v) is 9.27. The molecule has 0 radical (unpaired) electrons. The number of hydrogen-bond donors (Lipinski definition) is 0. The average Bonchev–Trinajstić information content (AvgIpc) is 3.37. The first-order valence-electron chi connectivity index (χ1n) is 9.08. The molecular weight excluding hydrogens is 414 g/mol. The highest BCUT2D eigenvalue weighted by Crippen LogP contribution is 2.28. The molecule has 28 heavy (non-hydrogen) atoms. The summed E-state index contributed by atoms with van der Waals surface area (Å²) >= 11 is 2.83. The van der Waals surface area contributed by atoms with Crippen LogP contribution in [-0.2, 0) is 21.4 Å². The number of hydrogen-bond acceptors (Lipinski definition) is 6. The van der Waals surface area contributed by atoms with Gasteiger partial charge in [-0.1, -0.05) is 18.2 Å². The van der Waals surface area contributed by atoms with Crippen molar-refractivity contribution < 1.29 is 13.2 Å². The van der Waals surface area contributed by atoms with E-state index in [1.807, 2.05) is 24.3 Å². The minimum absolute atomic E-state index is 0.0624. The molecule has 9 heteroatoms. The Morgan fingerprint density at radius 2 is 1.96 bits per heavy atom. The molecule has 1 fully saturated rings. The van der Waals surface area contributed by atoms with Crippen LogP contribution in [0.15, 0.2) is 46.0 Å². The summed E-state index contributed by atoms with van der Waals surface area (Å²) in [4.78, 5) is 19.1. The van der Waals surface area contributed by atoms with E-state index in [-0.39, 0.29) is 11.8 Å². The second-order valence-corrected chi connectivity index (χ2v) is 11.1. The van der Waals surface area contributed by atoms with Crippen molar-refractivity contribution in [2.45, 2.75) is 23.6 Å². The van der Waals surface area contributed by atoms with E-state index in [0.717, 1.165) is 15.2 Å². The molecule has 2 aromatic heterocycles. The van der Waals surface area contributed by atoms with Gasteiger partial charge in [-0.25, -0.2) is 13.4 Å². The summed E-state index contributed by atoms with van der Waals surface area (Å²) in [6.07, 6.45) is 1.10. The van der Waals surface area contributed by atoms with Gasteiger partial charge in [-0.05, 0) is 36.4 Å². The smallest absolute Gasteiger partial charge is 0.252 e. The number of sulfonamides is 1. The summed E-state index contributed by atoms with van der Waals surface area (Å²) in [5.41, 5.74) is 0.954. The Kier molecular flexibility index (Phi) is 5.50. The van der Waals surface area contributed by atoms with Gasteiger partial charge in [-0.15, -0.1) is 22.7 Å². The lowest BCUT2D eigenvalue weighted by molar-refractivity contribution is -0.135. The van der Waals surface area contributed by atoms with Gasteiger partial charge in [-0.3, -0.25) is 4.79 Å². The number of nitrogens with zero attached hydrogens (tertiary/aromatic N) is 3. The zero-order valence-corrected chi connectivity index (χ0v) is 17.9. The van der Waals surface area contributed by atoms with Crippen LogP contribution in [0.5, 0.6) is 0 Å². The number of thiazole rings is 1. The molecule has 3 heterocycles. The van der Waals surface area contributed by atoms with Gasteiger partial charge in [0.2, 0.25) is 5.91 Å². The average molecular weight is 436 g/mol. The maximum absolute atomic E-state index is 12.8. The van der Waals surface area contributed by atoms with Crippen molar-refractivity contribution >= 4 is 48.8 Å². The number of thiophene rings is 1. The largest absolute Gasteiger partial charge is 0.339 e. The van der Waals surface area contributed by atoms with Crippen LogP contribution >= 0.6 is 22.7 Å². The molecule has 1 aliphatic heterocycles. The van der Waals surface area contributed by atoms with Crippen LogP contribution in [0.4, 0.5) is 0 Å². The summed E-state index contributed by atoms with van der Waals surface area (Å²) in [7, 11) is -1.64. The van der Waals surface area contributed by atoms with Crippen molar-refractivity contribution in [1.82, 2.24) is 14.2 Å². The van der Waals surface area contributed by atoms with Gasteiger partial charge in [0.1, 0.15) is 9.22 Å². The van der Waals surface area contributed by atoms with Crippen LogP contribution in [0.1, 0.15) is 17.8 Å². The highest BCUT2D eigenvalue weighted by atomic mass is 32.2. The van der Waals surface area contributed by atoms with Gasteiger partial charge in [0.15, 0.2) is 0 Å². The first-order chi connectivity index (χ1) is 13.4. The fraction of sp³-hybridized carbons (Fsp3) is 0.368. The Morgan fingerprint density at radius 3 is 2.64 bits per heavy atom.